The van der Waals surface area contributed by atoms with Gasteiger partial charge >= 0.3 is 0 Å². The Morgan fingerprint density at radius 1 is 0.619 bits per heavy atom. The molecule has 354 valence electrons. The average Bonchev–Trinajstić information content (AvgIpc) is 3.32. The highest BCUT2D eigenvalue weighted by Crippen LogP contribution is 2.10. The molecule has 0 aliphatic rings. The minimum atomic E-state index is 0.286. The van der Waals surface area contributed by atoms with Crippen LogP contribution in [-0.2, 0) is 0 Å². The zero-order chi connectivity index (χ0) is 50.8. The van der Waals surface area contributed by atoms with Crippen LogP contribution in [0.5, 0.6) is 0 Å². The van der Waals surface area contributed by atoms with E-state index < -0.39 is 0 Å². The number of hydrogen-bond donors (Lipinski definition) is 2. The second kappa shape index (κ2) is 83.5. The monoisotopic (exact) mass is 868 g/mol. The maximum absolute atomic E-state index is 6.01. The van der Waals surface area contributed by atoms with Crippen LogP contribution in [0, 0.1) is 20.8 Å². The molecule has 4 rings (SSSR count). The van der Waals surface area contributed by atoms with E-state index in [1.165, 1.54) is 5.57 Å². The number of aromatic nitrogens is 4. The van der Waals surface area contributed by atoms with Gasteiger partial charge in [-0.1, -0.05) is 94.0 Å². The number of nitrogens with zero attached hydrogens (tertiary/aromatic N) is 7. The topological polar surface area (TPSA) is 127 Å². The van der Waals surface area contributed by atoms with Gasteiger partial charge < -0.3 is 26.0 Å². The first-order valence-corrected chi connectivity index (χ1v) is 21.0. The van der Waals surface area contributed by atoms with Crippen LogP contribution in [0.3, 0.4) is 0 Å². The minimum Gasteiger partial charge on any atom is -0.373 e. The van der Waals surface area contributed by atoms with Crippen molar-refractivity contribution in [2.75, 3.05) is 33.5 Å². The van der Waals surface area contributed by atoms with Gasteiger partial charge in [-0.15, -0.1) is 32.9 Å². The number of aryl methyl sites for hydroxylation is 3. The van der Waals surface area contributed by atoms with Gasteiger partial charge in [0, 0.05) is 76.1 Å². The predicted molar refractivity (Wildman–Crippen MR) is 293 cm³/mol. The number of allylic oxidation sites excluding steroid dienone is 6. The maximum Gasteiger partial charge on any atom is 0.125 e. The van der Waals surface area contributed by atoms with Crippen molar-refractivity contribution in [2.24, 2.45) is 20.7 Å². The summed E-state index contributed by atoms with van der Waals surface area (Å²) in [5.74, 6) is 0.910. The second-order valence-corrected chi connectivity index (χ2v) is 10.7. The van der Waals surface area contributed by atoms with Gasteiger partial charge in [-0.25, -0.2) is 4.98 Å². The van der Waals surface area contributed by atoms with Gasteiger partial charge in [0.1, 0.15) is 5.82 Å². The Hall–Kier alpha value is -6.19. The molecule has 0 saturated carbocycles. The molecular weight excluding hydrogens is 775 g/mol. The summed E-state index contributed by atoms with van der Waals surface area (Å²) in [7, 11) is 6.77. The Morgan fingerprint density at radius 3 is 1.11 bits per heavy atom. The van der Waals surface area contributed by atoms with Gasteiger partial charge in [0.25, 0.3) is 0 Å². The van der Waals surface area contributed by atoms with Crippen LogP contribution < -0.4 is 11.1 Å². The Morgan fingerprint density at radius 2 is 0.937 bits per heavy atom. The van der Waals surface area contributed by atoms with Crippen molar-refractivity contribution in [2.45, 2.75) is 101 Å². The molecule has 0 aliphatic carbocycles. The quantitative estimate of drug-likeness (QED) is 0.108. The Kier molecular flexibility index (Phi) is 103. The molecule has 0 amide bonds. The third-order valence-corrected chi connectivity index (χ3v) is 5.55. The second-order valence-electron chi connectivity index (χ2n) is 10.7. The summed E-state index contributed by atoms with van der Waals surface area (Å²) in [5, 5.41) is 2.92. The van der Waals surface area contributed by atoms with Gasteiger partial charge in [0.2, 0.25) is 0 Å². The van der Waals surface area contributed by atoms with Gasteiger partial charge in [0.05, 0.1) is 0 Å². The molecule has 0 aromatic carbocycles. The van der Waals surface area contributed by atoms with Crippen molar-refractivity contribution in [1.29, 1.82) is 0 Å². The molecule has 0 aliphatic heterocycles. The Bertz CT molecular complexity index is 1340. The fourth-order valence-corrected chi connectivity index (χ4v) is 3.23. The molecule has 9 heteroatoms. The van der Waals surface area contributed by atoms with Gasteiger partial charge in [-0.3, -0.25) is 15.0 Å². The summed E-state index contributed by atoms with van der Waals surface area (Å²) in [6, 6.07) is 23.6. The number of nitrogens with two attached hydrogens (primary N) is 1. The van der Waals surface area contributed by atoms with E-state index in [-0.39, 0.29) is 6.04 Å². The van der Waals surface area contributed by atoms with Crippen molar-refractivity contribution in [3.63, 3.8) is 0 Å². The van der Waals surface area contributed by atoms with Gasteiger partial charge in [0.15, 0.2) is 0 Å². The lowest BCUT2D eigenvalue weighted by Gasteiger charge is -2.10. The molecule has 0 saturated heterocycles. The van der Waals surface area contributed by atoms with E-state index in [1.807, 2.05) is 149 Å². The molecule has 0 spiro atoms. The van der Waals surface area contributed by atoms with Crippen molar-refractivity contribution >= 4 is 26.0 Å². The van der Waals surface area contributed by atoms with E-state index in [4.69, 9.17) is 5.73 Å². The number of nitrogens with one attached hydrogen (secondary N) is 1. The van der Waals surface area contributed by atoms with Gasteiger partial charge in [-0.05, 0) is 136 Å². The molecule has 1 unspecified atom stereocenters. The van der Waals surface area contributed by atoms with E-state index in [0.29, 0.717) is 0 Å². The van der Waals surface area contributed by atoms with Crippen molar-refractivity contribution in [1.82, 2.24) is 19.9 Å². The first-order valence-electron chi connectivity index (χ1n) is 21.0. The van der Waals surface area contributed by atoms with E-state index in [0.717, 1.165) is 42.2 Å². The molecule has 0 radical (unpaired) electrons. The zero-order valence-electron chi connectivity index (χ0n) is 42.8. The molecule has 4 aromatic rings. The molecule has 3 N–H and O–H groups in total. The first kappa shape index (κ1) is 77.4. The summed E-state index contributed by atoms with van der Waals surface area (Å²) < 4.78 is 0. The lowest BCUT2D eigenvalue weighted by molar-refractivity contribution is 0.619. The summed E-state index contributed by atoms with van der Waals surface area (Å²) in [4.78, 5) is 25.7. The van der Waals surface area contributed by atoms with Crippen LogP contribution in [0.4, 0.5) is 5.82 Å². The summed E-state index contributed by atoms with van der Waals surface area (Å²) in [6.45, 7) is 46.6. The van der Waals surface area contributed by atoms with Crippen molar-refractivity contribution in [3.05, 3.63) is 190 Å². The molecule has 9 nitrogen and oxygen atoms in total. The summed E-state index contributed by atoms with van der Waals surface area (Å²) >= 11 is 0. The summed E-state index contributed by atoms with van der Waals surface area (Å²) in [5.41, 5.74) is 10.6. The van der Waals surface area contributed by atoms with E-state index in [2.05, 4.69) is 131 Å². The van der Waals surface area contributed by atoms with Crippen LogP contribution in [0.1, 0.15) is 91.7 Å². The molecular formula is C54H93N9. The first-order chi connectivity index (χ1) is 30.5. The van der Waals surface area contributed by atoms with Crippen LogP contribution in [-0.4, -0.2) is 74.3 Å². The van der Waals surface area contributed by atoms with Crippen LogP contribution in [0.2, 0.25) is 0 Å². The summed E-state index contributed by atoms with van der Waals surface area (Å²) in [6.07, 6.45) is 22.6. The van der Waals surface area contributed by atoms with Gasteiger partial charge in [-0.2, -0.15) is 0 Å². The van der Waals surface area contributed by atoms with Crippen molar-refractivity contribution < 1.29 is 0 Å². The lowest BCUT2D eigenvalue weighted by Crippen LogP contribution is -2.19. The highest BCUT2D eigenvalue weighted by atomic mass is 14.9. The normalized spacial score (nSPS) is 8.60. The van der Waals surface area contributed by atoms with Crippen molar-refractivity contribution in [3.8, 4) is 0 Å². The third kappa shape index (κ3) is 92.4. The fourth-order valence-electron chi connectivity index (χ4n) is 3.23. The maximum atomic E-state index is 6.01. The largest absolute Gasteiger partial charge is 0.373 e. The lowest BCUT2D eigenvalue weighted by atomic mass is 10.0. The molecule has 0 fully saturated rings. The SMILES string of the molecule is C/C=C\CCC(N)CC(/C=C\C)=C/C.C=C.C=C.C=CC.C=NC.C=NC.C=NC.CC.CC.CNc1ccccn1.Cc1ccccn1.Cc1ccccn1.Cc1ccccn1. The number of aliphatic imine (C=N–C) groups is 3. The third-order valence-electron chi connectivity index (χ3n) is 5.55. The number of hydrogen-bond acceptors (Lipinski definition) is 9. The van der Waals surface area contributed by atoms with E-state index >= 15 is 0 Å². The number of rotatable bonds is 7. The molecule has 1 atom stereocenters. The Balaban J connectivity index is -0.0000000760. The fraction of sp³-hybridized carbons (Fsp3) is 0.352. The molecule has 4 heterocycles. The number of anilines is 1. The number of pyridine rings is 4. The average molecular weight is 868 g/mol. The van der Waals surface area contributed by atoms with Crippen LogP contribution in [0.25, 0.3) is 0 Å². The minimum absolute atomic E-state index is 0.286. The smallest absolute Gasteiger partial charge is 0.125 e. The van der Waals surface area contributed by atoms with E-state index in [9.17, 15) is 0 Å². The predicted octanol–water partition coefficient (Wildman–Crippen LogP) is 14.7. The highest BCUT2D eigenvalue weighted by molar-refractivity contribution is 5.31. The highest BCUT2D eigenvalue weighted by Gasteiger charge is 2.02. The molecule has 4 aromatic heterocycles. The molecule has 0 bridgehead atoms. The molecule has 63 heavy (non-hydrogen) atoms. The standard InChI is InChI=1S/C13H23N.C6H8N2.3C6H7N.C3H6.3C2H5N.2C2H6.2C2H4/c1-4-7-8-10-13(14)11-12(6-3)9-5-2;1-7-6-4-2-3-5-8-6;3*1-6-4-2-3-5-7-6;4*1-3-2;4*1-2/h4-7,9,13H,8,10-11,14H2,1-3H3;2-5H,1H3,(H,7,8);3*2-5H,1H3;3H,1H2,2H3;3*1H2,2H3;2*1-2H3;2*1-2H2/b7-4-,9-5-,12-6+;;;;;;;;;;;;. The van der Waals surface area contributed by atoms with E-state index in [1.54, 1.807) is 52.0 Å². The van der Waals surface area contributed by atoms with Crippen LogP contribution >= 0.6 is 0 Å². The van der Waals surface area contributed by atoms with Crippen LogP contribution in [0.15, 0.2) is 187 Å². The zero-order valence-corrected chi connectivity index (χ0v) is 42.8. The Labute approximate surface area is 389 Å².